The third kappa shape index (κ3) is 1.29. The molecule has 0 aliphatic carbocycles. The highest BCUT2D eigenvalue weighted by atomic mass is 17.2. The Morgan fingerprint density at radius 3 is 2.50 bits per heavy atom. The Kier molecular flexibility index (Phi) is 2.41. The van der Waals surface area contributed by atoms with Gasteiger partial charge in [-0.1, -0.05) is 0 Å². The maximum absolute atomic E-state index is 10.6. The summed E-state index contributed by atoms with van der Waals surface area (Å²) >= 11 is 0. The zero-order valence-corrected chi connectivity index (χ0v) is 6.07. The van der Waals surface area contributed by atoms with Gasteiger partial charge in [0.15, 0.2) is 0 Å². The van der Waals surface area contributed by atoms with E-state index >= 15 is 0 Å². The molecule has 12 heavy (non-hydrogen) atoms. The lowest BCUT2D eigenvalue weighted by Crippen LogP contribution is -2.32. The van der Waals surface area contributed by atoms with Crippen molar-refractivity contribution in [3.63, 3.8) is 0 Å². The van der Waals surface area contributed by atoms with E-state index in [1.54, 1.807) is 0 Å². The van der Waals surface area contributed by atoms with E-state index in [1.807, 2.05) is 0 Å². The van der Waals surface area contributed by atoms with Crippen LogP contribution in [-0.2, 0) is 4.89 Å². The summed E-state index contributed by atoms with van der Waals surface area (Å²) in [5.74, 6) is -1.15. The second-order valence-corrected chi connectivity index (χ2v) is 2.03. The van der Waals surface area contributed by atoms with E-state index < -0.39 is 22.4 Å². The zero-order valence-electron chi connectivity index (χ0n) is 6.07. The molecule has 0 unspecified atom stereocenters. The largest absolute Gasteiger partial charge is 0.501 e. The van der Waals surface area contributed by atoms with E-state index in [1.165, 1.54) is 0 Å². The van der Waals surface area contributed by atoms with Gasteiger partial charge in [0.2, 0.25) is 5.75 Å². The van der Waals surface area contributed by atoms with Crippen LogP contribution in [0.2, 0.25) is 0 Å². The minimum atomic E-state index is -0.957. The molecule has 0 radical (unpaired) electrons. The van der Waals surface area contributed by atoms with Gasteiger partial charge in [-0.2, -0.15) is 4.89 Å². The molecule has 0 aliphatic heterocycles. The molecule has 6 nitrogen and oxygen atoms in total. The van der Waals surface area contributed by atoms with Crippen LogP contribution in [0.15, 0.2) is 9.59 Å². The van der Waals surface area contributed by atoms with Crippen LogP contribution in [0.5, 0.6) is 11.5 Å². The summed E-state index contributed by atoms with van der Waals surface area (Å²) in [5, 5.41) is 8.72. The van der Waals surface area contributed by atoms with Gasteiger partial charge >= 0.3 is 0 Å². The average molecular weight is 173 g/mol. The molecule has 0 spiro atoms. The minimum absolute atomic E-state index is 0.0816. The third-order valence-electron chi connectivity index (χ3n) is 1.19. The lowest BCUT2D eigenvalue weighted by Gasteiger charge is -2.04. The predicted octanol–water partition coefficient (Wildman–Crippen LogP) is -1.74. The topological polar surface area (TPSA) is 98.8 Å². The van der Waals surface area contributed by atoms with Gasteiger partial charge in [0.05, 0.1) is 0 Å². The van der Waals surface area contributed by atoms with Crippen LogP contribution >= 0.6 is 0 Å². The van der Waals surface area contributed by atoms with Crippen LogP contribution in [0, 0.1) is 0 Å². The molecule has 1 aromatic carbocycles. The molecule has 0 heterocycles. The molecule has 0 atom stereocenters. The Bertz CT molecular complexity index is 337. The number of aromatic hydroxyl groups is 1. The smallest absolute Gasteiger partial charge is 0.279 e. The minimum Gasteiger partial charge on any atom is -0.501 e. The Morgan fingerprint density at radius 1 is 1.33 bits per heavy atom. The highest BCUT2D eigenvalue weighted by Crippen LogP contribution is 2.17. The normalized spacial score (nSPS) is 10.4. The summed E-state index contributed by atoms with van der Waals surface area (Å²) in [6.07, 6.45) is 0. The van der Waals surface area contributed by atoms with Gasteiger partial charge in [-0.15, -0.1) is 0 Å². The van der Waals surface area contributed by atoms with Crippen molar-refractivity contribution < 1.29 is 14.9 Å². The summed E-state index contributed by atoms with van der Waals surface area (Å²) in [6.45, 7) is 0.300. The highest BCUT2D eigenvalue weighted by molar-refractivity contribution is 5.43. The van der Waals surface area contributed by atoms with Crippen molar-refractivity contribution in [3.8, 4) is 11.5 Å². The van der Waals surface area contributed by atoms with E-state index in [0.717, 1.165) is 0 Å². The molecule has 0 saturated carbocycles. The Labute approximate surface area is 66.8 Å². The van der Waals surface area contributed by atoms with E-state index in [2.05, 4.69) is 9.78 Å². The molecule has 0 amide bonds. The van der Waals surface area contributed by atoms with Gasteiger partial charge in [-0.05, 0) is 0 Å². The fraction of sp³-hybridized carbons (Fsp3) is 0.333. The van der Waals surface area contributed by atoms with Crippen LogP contribution in [0.3, 0.4) is 0 Å². The molecular formula is C6H7NO5. The number of nitrogens with two attached hydrogens (primary N) is 1. The standard InChI is InChI=1S/C6H7NO5/c7-1-2-11-12-6-4(9)3(8)5(6)10/h9H,1-2,7H2. The van der Waals surface area contributed by atoms with Crippen LogP contribution in [-0.4, -0.2) is 18.3 Å². The first kappa shape index (κ1) is 8.69. The molecule has 0 bridgehead atoms. The average Bonchev–Trinajstić information content (AvgIpc) is 2.11. The lowest BCUT2D eigenvalue weighted by molar-refractivity contribution is -0.206. The van der Waals surface area contributed by atoms with Crippen molar-refractivity contribution in [2.45, 2.75) is 0 Å². The molecule has 1 rings (SSSR count). The SMILES string of the molecule is NCCOOc1c(O)c(=O)c1=O. The first-order valence-corrected chi connectivity index (χ1v) is 3.20. The fourth-order valence-electron chi connectivity index (χ4n) is 0.585. The number of hydrogen-bond acceptors (Lipinski definition) is 6. The fourth-order valence-corrected chi connectivity index (χ4v) is 0.585. The van der Waals surface area contributed by atoms with Crippen LogP contribution in [0.1, 0.15) is 0 Å². The first-order chi connectivity index (χ1) is 5.68. The molecule has 6 heteroatoms. The summed E-state index contributed by atoms with van der Waals surface area (Å²) in [6, 6.07) is 0. The Morgan fingerprint density at radius 2 is 2.00 bits per heavy atom. The summed E-state index contributed by atoms with van der Waals surface area (Å²) in [5.41, 5.74) is 3.19. The zero-order chi connectivity index (χ0) is 9.14. The van der Waals surface area contributed by atoms with Crippen molar-refractivity contribution in [2.24, 2.45) is 5.73 Å². The predicted molar refractivity (Wildman–Crippen MR) is 38.7 cm³/mol. The van der Waals surface area contributed by atoms with Gasteiger partial charge in [0.1, 0.15) is 6.61 Å². The number of rotatable bonds is 4. The van der Waals surface area contributed by atoms with E-state index in [9.17, 15) is 9.59 Å². The van der Waals surface area contributed by atoms with E-state index in [0.29, 0.717) is 0 Å². The van der Waals surface area contributed by atoms with Gasteiger partial charge in [0, 0.05) is 6.54 Å². The third-order valence-corrected chi connectivity index (χ3v) is 1.19. The van der Waals surface area contributed by atoms with Crippen molar-refractivity contribution >= 4 is 0 Å². The molecule has 3 N–H and O–H groups in total. The Balaban J connectivity index is 2.55. The molecule has 0 aliphatic rings. The van der Waals surface area contributed by atoms with Crippen molar-refractivity contribution in [1.29, 1.82) is 0 Å². The van der Waals surface area contributed by atoms with Gasteiger partial charge < -0.3 is 15.7 Å². The lowest BCUT2D eigenvalue weighted by atomic mass is 10.2. The van der Waals surface area contributed by atoms with Crippen molar-refractivity contribution in [2.75, 3.05) is 13.2 Å². The van der Waals surface area contributed by atoms with Gasteiger partial charge in [0.25, 0.3) is 16.6 Å². The first-order valence-electron chi connectivity index (χ1n) is 3.20. The maximum Gasteiger partial charge on any atom is 0.279 e. The van der Waals surface area contributed by atoms with Crippen molar-refractivity contribution in [3.05, 3.63) is 20.4 Å². The quantitative estimate of drug-likeness (QED) is 0.242. The van der Waals surface area contributed by atoms with E-state index in [-0.39, 0.29) is 13.2 Å². The number of hydrogen-bond donors (Lipinski definition) is 2. The van der Waals surface area contributed by atoms with Crippen molar-refractivity contribution in [1.82, 2.24) is 0 Å². The molecular weight excluding hydrogens is 166 g/mol. The maximum atomic E-state index is 10.6. The highest BCUT2D eigenvalue weighted by Gasteiger charge is 2.22. The van der Waals surface area contributed by atoms with Gasteiger partial charge in [-0.3, -0.25) is 9.59 Å². The van der Waals surface area contributed by atoms with Crippen LogP contribution in [0.25, 0.3) is 0 Å². The molecule has 1 aromatic rings. The Hall–Kier alpha value is -1.40. The van der Waals surface area contributed by atoms with Gasteiger partial charge in [-0.25, -0.2) is 0 Å². The van der Waals surface area contributed by atoms with E-state index in [4.69, 9.17) is 10.8 Å². The summed E-state index contributed by atoms with van der Waals surface area (Å²) in [7, 11) is 0. The summed E-state index contributed by atoms with van der Waals surface area (Å²) in [4.78, 5) is 29.6. The molecule has 0 fully saturated rings. The monoisotopic (exact) mass is 173 g/mol. The van der Waals surface area contributed by atoms with Crippen LogP contribution in [0.4, 0.5) is 0 Å². The molecule has 0 aromatic heterocycles. The molecule has 0 saturated heterocycles. The molecule has 66 valence electrons. The second-order valence-electron chi connectivity index (χ2n) is 2.03. The summed E-state index contributed by atoms with van der Waals surface area (Å²) < 4.78 is 0. The van der Waals surface area contributed by atoms with Crippen LogP contribution < -0.4 is 21.5 Å². The second kappa shape index (κ2) is 3.33.